The van der Waals surface area contributed by atoms with Crippen molar-refractivity contribution in [2.24, 2.45) is 4.99 Å². The highest BCUT2D eigenvalue weighted by atomic mass is 16.2. The van der Waals surface area contributed by atoms with Gasteiger partial charge in [-0.25, -0.2) is 4.99 Å². The maximum Gasteiger partial charge on any atom is 0.272 e. The molecule has 0 saturated heterocycles. The molecule has 0 aromatic heterocycles. The summed E-state index contributed by atoms with van der Waals surface area (Å²) in [6.45, 7) is 0. The van der Waals surface area contributed by atoms with E-state index in [4.69, 9.17) is 4.99 Å². The standard InChI is InChI=1S/C24H21N3O2/c1-27-20-15-9-8-14-19(20)22(18-12-6-3-7-13-18)26-23(24(27)29)25-21(28)16-17-10-4-2-5-11-17/h2-15,23H,16H2,1H3,(H,25,28)/t23-/m1/s1. The Bertz CT molecular complexity index is 1060. The number of nitrogens with one attached hydrogen (secondary N) is 1. The van der Waals surface area contributed by atoms with Gasteiger partial charge in [0.2, 0.25) is 12.1 Å². The molecule has 0 aliphatic carbocycles. The SMILES string of the molecule is CN1C(=O)[C@H](NC(=O)Cc2ccccc2)N=C(c2ccccc2)c2ccccc21. The van der Waals surface area contributed by atoms with E-state index in [2.05, 4.69) is 5.32 Å². The number of amides is 2. The van der Waals surface area contributed by atoms with Crippen molar-refractivity contribution in [3.63, 3.8) is 0 Å². The van der Waals surface area contributed by atoms with E-state index in [1.54, 1.807) is 11.9 Å². The van der Waals surface area contributed by atoms with Crippen LogP contribution in [0.25, 0.3) is 0 Å². The molecule has 0 radical (unpaired) electrons. The zero-order valence-electron chi connectivity index (χ0n) is 16.1. The zero-order chi connectivity index (χ0) is 20.2. The minimum atomic E-state index is -0.987. The predicted octanol–water partition coefficient (Wildman–Crippen LogP) is 3.19. The Morgan fingerprint density at radius 1 is 0.931 bits per heavy atom. The highest BCUT2D eigenvalue weighted by molar-refractivity contribution is 6.20. The number of anilines is 1. The normalized spacial score (nSPS) is 15.9. The number of carbonyl (C=O) groups excluding carboxylic acids is 2. The molecule has 2 amide bonds. The first kappa shape index (κ1) is 18.6. The third-order valence-corrected chi connectivity index (χ3v) is 4.90. The molecule has 0 fully saturated rings. The largest absolute Gasteiger partial charge is 0.326 e. The summed E-state index contributed by atoms with van der Waals surface area (Å²) in [5.41, 5.74) is 4.08. The Morgan fingerprint density at radius 3 is 2.28 bits per heavy atom. The third-order valence-electron chi connectivity index (χ3n) is 4.90. The van der Waals surface area contributed by atoms with E-state index < -0.39 is 6.17 Å². The average molecular weight is 383 g/mol. The van der Waals surface area contributed by atoms with Gasteiger partial charge < -0.3 is 10.2 Å². The number of hydrogen-bond donors (Lipinski definition) is 1. The van der Waals surface area contributed by atoms with Crippen LogP contribution in [0.4, 0.5) is 5.69 Å². The number of fused-ring (bicyclic) bond motifs is 1. The highest BCUT2D eigenvalue weighted by Crippen LogP contribution is 2.27. The van der Waals surface area contributed by atoms with E-state index in [1.807, 2.05) is 84.9 Å². The Labute approximate surface area is 169 Å². The number of hydrogen-bond acceptors (Lipinski definition) is 3. The predicted molar refractivity (Wildman–Crippen MR) is 114 cm³/mol. The van der Waals surface area contributed by atoms with Gasteiger partial charge in [0.15, 0.2) is 0 Å². The van der Waals surface area contributed by atoms with Crippen LogP contribution in [0.3, 0.4) is 0 Å². The summed E-state index contributed by atoms with van der Waals surface area (Å²) in [4.78, 5) is 31.9. The molecule has 144 valence electrons. The quantitative estimate of drug-likeness (QED) is 0.752. The van der Waals surface area contributed by atoms with Gasteiger partial charge >= 0.3 is 0 Å². The van der Waals surface area contributed by atoms with Crippen LogP contribution in [0.15, 0.2) is 89.9 Å². The monoisotopic (exact) mass is 383 g/mol. The molecule has 5 nitrogen and oxygen atoms in total. The van der Waals surface area contributed by atoms with Gasteiger partial charge in [-0.1, -0.05) is 78.9 Å². The van der Waals surface area contributed by atoms with Crippen molar-refractivity contribution >= 4 is 23.2 Å². The van der Waals surface area contributed by atoms with Crippen LogP contribution in [0.1, 0.15) is 16.7 Å². The number of para-hydroxylation sites is 1. The molecule has 1 aliphatic heterocycles. The molecule has 0 unspecified atom stereocenters. The Hall–Kier alpha value is -3.73. The lowest BCUT2D eigenvalue weighted by molar-refractivity contribution is -0.126. The summed E-state index contributed by atoms with van der Waals surface area (Å²) < 4.78 is 0. The van der Waals surface area contributed by atoms with Crippen molar-refractivity contribution in [2.45, 2.75) is 12.6 Å². The fourth-order valence-electron chi connectivity index (χ4n) is 3.43. The molecular formula is C24H21N3O2. The molecule has 0 saturated carbocycles. The molecular weight excluding hydrogens is 362 g/mol. The number of benzodiazepines with no additional fused rings is 1. The van der Waals surface area contributed by atoms with Gasteiger partial charge in [0, 0.05) is 18.2 Å². The van der Waals surface area contributed by atoms with E-state index in [1.165, 1.54) is 0 Å². The number of nitrogens with zero attached hydrogens (tertiary/aromatic N) is 2. The van der Waals surface area contributed by atoms with Gasteiger partial charge in [-0.15, -0.1) is 0 Å². The van der Waals surface area contributed by atoms with Crippen LogP contribution in [-0.2, 0) is 16.0 Å². The van der Waals surface area contributed by atoms with Crippen LogP contribution in [0, 0.1) is 0 Å². The molecule has 1 heterocycles. The van der Waals surface area contributed by atoms with E-state index in [-0.39, 0.29) is 18.2 Å². The maximum atomic E-state index is 13.1. The van der Waals surface area contributed by atoms with E-state index >= 15 is 0 Å². The van der Waals surface area contributed by atoms with E-state index in [0.29, 0.717) is 5.71 Å². The molecule has 1 N–H and O–H groups in total. The first-order chi connectivity index (χ1) is 14.1. The van der Waals surface area contributed by atoms with Gasteiger partial charge in [-0.05, 0) is 11.6 Å². The minimum Gasteiger partial charge on any atom is -0.326 e. The number of aliphatic imine (C=N–C) groups is 1. The van der Waals surface area contributed by atoms with Crippen molar-refractivity contribution in [1.82, 2.24) is 5.32 Å². The average Bonchev–Trinajstić information content (AvgIpc) is 2.86. The summed E-state index contributed by atoms with van der Waals surface area (Å²) in [5.74, 6) is -0.519. The zero-order valence-corrected chi connectivity index (χ0v) is 16.1. The molecule has 0 bridgehead atoms. The lowest BCUT2D eigenvalue weighted by atomic mass is 10.0. The van der Waals surface area contributed by atoms with Gasteiger partial charge in [0.25, 0.3) is 5.91 Å². The Kier molecular flexibility index (Phi) is 5.20. The lowest BCUT2D eigenvalue weighted by Crippen LogP contribution is -2.46. The van der Waals surface area contributed by atoms with Crippen molar-refractivity contribution in [3.05, 3.63) is 102 Å². The maximum absolute atomic E-state index is 13.1. The number of likely N-dealkylation sites (N-methyl/N-ethyl adjacent to an activating group) is 1. The molecule has 3 aromatic carbocycles. The lowest BCUT2D eigenvalue weighted by Gasteiger charge is -2.20. The van der Waals surface area contributed by atoms with Gasteiger partial charge in [-0.2, -0.15) is 0 Å². The van der Waals surface area contributed by atoms with Crippen LogP contribution in [0.2, 0.25) is 0 Å². The first-order valence-corrected chi connectivity index (χ1v) is 9.47. The van der Waals surface area contributed by atoms with E-state index in [9.17, 15) is 9.59 Å². The highest BCUT2D eigenvalue weighted by Gasteiger charge is 2.30. The number of rotatable bonds is 4. The topological polar surface area (TPSA) is 61.8 Å². The number of carbonyl (C=O) groups is 2. The van der Waals surface area contributed by atoms with Crippen molar-refractivity contribution in [2.75, 3.05) is 11.9 Å². The summed E-state index contributed by atoms with van der Waals surface area (Å²) in [7, 11) is 1.71. The molecule has 3 aromatic rings. The second kappa shape index (κ2) is 8.10. The Balaban J connectivity index is 1.70. The van der Waals surface area contributed by atoms with Crippen molar-refractivity contribution in [3.8, 4) is 0 Å². The summed E-state index contributed by atoms with van der Waals surface area (Å²) in [6, 6.07) is 26.8. The van der Waals surface area contributed by atoms with Gasteiger partial charge in [-0.3, -0.25) is 9.59 Å². The van der Waals surface area contributed by atoms with Crippen LogP contribution in [-0.4, -0.2) is 30.7 Å². The van der Waals surface area contributed by atoms with Crippen molar-refractivity contribution in [1.29, 1.82) is 0 Å². The second-order valence-corrected chi connectivity index (χ2v) is 6.89. The molecule has 1 atom stereocenters. The third kappa shape index (κ3) is 3.94. The summed E-state index contributed by atoms with van der Waals surface area (Å²) in [6.07, 6.45) is -0.795. The van der Waals surface area contributed by atoms with Crippen LogP contribution in [0.5, 0.6) is 0 Å². The van der Waals surface area contributed by atoms with Crippen LogP contribution >= 0.6 is 0 Å². The fraction of sp³-hybridized carbons (Fsp3) is 0.125. The van der Waals surface area contributed by atoms with Crippen molar-refractivity contribution < 1.29 is 9.59 Å². The van der Waals surface area contributed by atoms with Gasteiger partial charge in [0.1, 0.15) is 0 Å². The smallest absolute Gasteiger partial charge is 0.272 e. The molecule has 1 aliphatic rings. The molecule has 4 rings (SSSR count). The van der Waals surface area contributed by atoms with Gasteiger partial charge in [0.05, 0.1) is 17.8 Å². The molecule has 29 heavy (non-hydrogen) atoms. The molecule has 0 spiro atoms. The minimum absolute atomic E-state index is 0.192. The van der Waals surface area contributed by atoms with Crippen LogP contribution < -0.4 is 10.2 Å². The summed E-state index contributed by atoms with van der Waals surface area (Å²) in [5, 5.41) is 2.80. The first-order valence-electron chi connectivity index (χ1n) is 9.47. The number of benzene rings is 3. The Morgan fingerprint density at radius 2 is 1.55 bits per heavy atom. The van der Waals surface area contributed by atoms with E-state index in [0.717, 1.165) is 22.4 Å². The molecule has 5 heteroatoms. The summed E-state index contributed by atoms with van der Waals surface area (Å²) >= 11 is 0. The second-order valence-electron chi connectivity index (χ2n) is 6.89. The fourth-order valence-corrected chi connectivity index (χ4v) is 3.43.